The molecular formula is C10H12CrN2O4. The first-order chi connectivity index (χ1) is 8.00. The number of rotatable bonds is 0. The average molecular weight is 276 g/mol. The van der Waals surface area contributed by atoms with Gasteiger partial charge < -0.3 is 0 Å². The Morgan fingerprint density at radius 2 is 0.882 bits per heavy atom. The van der Waals surface area contributed by atoms with E-state index in [0.29, 0.717) is 0 Å². The largest absolute Gasteiger partial charge is 0.218 e. The molecule has 2 aromatic heterocycles. The summed E-state index contributed by atoms with van der Waals surface area (Å²) in [5.41, 5.74) is 0. The van der Waals surface area contributed by atoms with Gasteiger partial charge in [-0.2, -0.15) is 0 Å². The van der Waals surface area contributed by atoms with Gasteiger partial charge in [0, 0.05) is 24.3 Å². The Labute approximate surface area is 101 Å². The minimum Gasteiger partial charge on any atom is -0.218 e. The normalized spacial score (nSPS) is 9.06. The van der Waals surface area contributed by atoms with Crippen molar-refractivity contribution in [3.8, 4) is 0 Å². The van der Waals surface area contributed by atoms with Crippen LogP contribution in [-0.2, 0) is 21.2 Å². The van der Waals surface area contributed by atoms with Gasteiger partial charge in [-0.1, -0.05) is 12.1 Å². The molecule has 0 aliphatic heterocycles. The van der Waals surface area contributed by atoms with Crippen LogP contribution in [-0.4, -0.2) is 0 Å². The summed E-state index contributed by atoms with van der Waals surface area (Å²) in [7, 11) is 0. The van der Waals surface area contributed by atoms with Crippen LogP contribution in [0.3, 0.4) is 0 Å². The summed E-state index contributed by atoms with van der Waals surface area (Å²) in [6.45, 7) is 0. The number of hydrogen-bond donors (Lipinski definition) is 0. The summed E-state index contributed by atoms with van der Waals surface area (Å²) < 4.78 is 34.4. The van der Waals surface area contributed by atoms with E-state index in [1.165, 1.54) is 0 Å². The van der Waals surface area contributed by atoms with Crippen LogP contribution >= 0.6 is 0 Å². The smallest absolute Gasteiger partial charge is 0.166 e. The monoisotopic (exact) mass is 276 g/mol. The van der Waals surface area contributed by atoms with Gasteiger partial charge in [0.25, 0.3) is 0 Å². The Morgan fingerprint density at radius 3 is 0.941 bits per heavy atom. The summed E-state index contributed by atoms with van der Waals surface area (Å²) in [6.07, 6.45) is 7.50. The Bertz CT molecular complexity index is 369. The third kappa shape index (κ3) is 20.4. The first-order valence-electron chi connectivity index (χ1n) is 4.49. The van der Waals surface area contributed by atoms with Gasteiger partial charge in [0.15, 0.2) is 24.8 Å². The molecule has 92 valence electrons. The van der Waals surface area contributed by atoms with Crippen LogP contribution in [0.15, 0.2) is 61.2 Å². The fourth-order valence-corrected chi connectivity index (χ4v) is 0.684. The summed E-state index contributed by atoms with van der Waals surface area (Å²) in [6, 6.07) is 11.7. The van der Waals surface area contributed by atoms with Crippen molar-refractivity contribution in [1.82, 2.24) is 0 Å². The van der Waals surface area contributed by atoms with Gasteiger partial charge in [-0.15, -0.1) is 0 Å². The first-order valence-corrected chi connectivity index (χ1v) is 6.57. The Balaban J connectivity index is 0.000000228. The number of hydrogen-bond acceptors (Lipinski definition) is 4. The SMILES string of the molecule is [O]=[Cr](=[O])([O-])[O-].c1cc[nH+]cc1.c1cc[nH+]cc1. The quantitative estimate of drug-likeness (QED) is 0.576. The maximum atomic E-state index is 8.59. The summed E-state index contributed by atoms with van der Waals surface area (Å²) in [4.78, 5) is 5.78. The van der Waals surface area contributed by atoms with E-state index in [1.54, 1.807) is 0 Å². The number of aromatic amines is 2. The molecule has 0 saturated carbocycles. The molecule has 2 aromatic rings. The maximum Gasteiger partial charge on any atom is 0.166 e. The van der Waals surface area contributed by atoms with E-state index in [-0.39, 0.29) is 0 Å². The van der Waals surface area contributed by atoms with Gasteiger partial charge in [-0.05, 0) is 0 Å². The Kier molecular flexibility index (Phi) is 8.64. The van der Waals surface area contributed by atoms with Crippen molar-refractivity contribution in [2.75, 3.05) is 0 Å². The Hall–Kier alpha value is -1.65. The van der Waals surface area contributed by atoms with Crippen LogP contribution in [0.2, 0.25) is 0 Å². The van der Waals surface area contributed by atoms with Gasteiger partial charge in [0.1, 0.15) is 0 Å². The molecule has 2 N–H and O–H groups in total. The van der Waals surface area contributed by atoms with Crippen LogP contribution in [0, 0.1) is 0 Å². The molecule has 0 aliphatic carbocycles. The molecule has 0 unspecified atom stereocenters. The molecule has 0 aromatic carbocycles. The van der Waals surface area contributed by atoms with Gasteiger partial charge in [-0.3, -0.25) is 0 Å². The molecule has 0 fully saturated rings. The van der Waals surface area contributed by atoms with Gasteiger partial charge in [-0.25, -0.2) is 9.97 Å². The van der Waals surface area contributed by atoms with Crippen molar-refractivity contribution >= 4 is 0 Å². The molecule has 0 atom stereocenters. The molecule has 2 rings (SSSR count). The van der Waals surface area contributed by atoms with E-state index in [4.69, 9.17) is 15.9 Å². The van der Waals surface area contributed by atoms with E-state index in [1.807, 2.05) is 61.2 Å². The van der Waals surface area contributed by atoms with Crippen LogP contribution in [0.25, 0.3) is 0 Å². The van der Waals surface area contributed by atoms with Gasteiger partial charge in [0.2, 0.25) is 0 Å². The maximum absolute atomic E-state index is 8.59. The molecule has 0 radical (unpaired) electrons. The number of pyridine rings is 2. The Morgan fingerprint density at radius 1 is 0.647 bits per heavy atom. The summed E-state index contributed by atoms with van der Waals surface area (Å²) >= 11 is -5.75. The molecule has 0 amide bonds. The molecule has 2 heterocycles. The van der Waals surface area contributed by atoms with Crippen molar-refractivity contribution in [3.63, 3.8) is 0 Å². The van der Waals surface area contributed by atoms with Crippen LogP contribution in [0.4, 0.5) is 0 Å². The third-order valence-electron chi connectivity index (χ3n) is 1.21. The summed E-state index contributed by atoms with van der Waals surface area (Å²) in [5.74, 6) is 0. The van der Waals surface area contributed by atoms with Crippen molar-refractivity contribution < 1.29 is 39.5 Å². The molecular weight excluding hydrogens is 264 g/mol. The van der Waals surface area contributed by atoms with Gasteiger partial charge in [0.05, 0.1) is 0 Å². The molecule has 0 saturated heterocycles. The fourth-order valence-electron chi connectivity index (χ4n) is 0.684. The van der Waals surface area contributed by atoms with E-state index in [0.717, 1.165) is 0 Å². The predicted molar refractivity (Wildman–Crippen MR) is 47.4 cm³/mol. The van der Waals surface area contributed by atoms with E-state index < -0.39 is 13.6 Å². The van der Waals surface area contributed by atoms with Gasteiger partial charge >= 0.3 is 29.5 Å². The molecule has 7 heteroatoms. The second-order valence-electron chi connectivity index (χ2n) is 2.56. The second-order valence-corrected chi connectivity index (χ2v) is 3.84. The second kappa shape index (κ2) is 9.57. The zero-order valence-electron chi connectivity index (χ0n) is 8.81. The third-order valence-corrected chi connectivity index (χ3v) is 1.21. The predicted octanol–water partition coefficient (Wildman–Crippen LogP) is -1.62. The van der Waals surface area contributed by atoms with Crippen molar-refractivity contribution in [2.45, 2.75) is 0 Å². The topological polar surface area (TPSA) is 109 Å². The van der Waals surface area contributed by atoms with Crippen LogP contribution in [0.1, 0.15) is 0 Å². The first kappa shape index (κ1) is 15.4. The minimum atomic E-state index is -5.75. The zero-order valence-corrected chi connectivity index (χ0v) is 10.1. The molecule has 0 bridgehead atoms. The molecule has 6 nitrogen and oxygen atoms in total. The van der Waals surface area contributed by atoms with Crippen molar-refractivity contribution in [3.05, 3.63) is 61.2 Å². The average Bonchev–Trinajstić information content (AvgIpc) is 2.32. The summed E-state index contributed by atoms with van der Waals surface area (Å²) in [5, 5.41) is 0. The minimum absolute atomic E-state index is 1.88. The fraction of sp³-hybridized carbons (Fsp3) is 0. The zero-order chi connectivity index (χ0) is 13.0. The van der Waals surface area contributed by atoms with Crippen LogP contribution < -0.4 is 18.3 Å². The van der Waals surface area contributed by atoms with E-state index in [9.17, 15) is 0 Å². The number of nitrogens with one attached hydrogen (secondary N) is 2. The molecule has 17 heavy (non-hydrogen) atoms. The number of aromatic nitrogens is 2. The van der Waals surface area contributed by atoms with Crippen molar-refractivity contribution in [1.29, 1.82) is 0 Å². The van der Waals surface area contributed by atoms with E-state index >= 15 is 0 Å². The van der Waals surface area contributed by atoms with E-state index in [2.05, 4.69) is 9.97 Å². The number of H-pyrrole nitrogens is 2. The standard InChI is InChI=1S/2C5H5N.Cr.4O/c2*1-2-4-6-5-3-1;;;;;/h2*1-5H;;;;;/q;;;;;2*-1/p+2. The molecule has 0 aliphatic rings. The van der Waals surface area contributed by atoms with Crippen molar-refractivity contribution in [2.24, 2.45) is 0 Å². The van der Waals surface area contributed by atoms with Crippen LogP contribution in [0.5, 0.6) is 0 Å². The molecule has 0 spiro atoms.